The molecule has 2 aliphatic carbocycles. The molecule has 2 fully saturated rings. The first kappa shape index (κ1) is 12.6. The van der Waals surface area contributed by atoms with Crippen molar-refractivity contribution in [3.63, 3.8) is 0 Å². The summed E-state index contributed by atoms with van der Waals surface area (Å²) < 4.78 is 5.21. The summed E-state index contributed by atoms with van der Waals surface area (Å²) in [7, 11) is 1.79. The molecule has 1 aliphatic heterocycles. The van der Waals surface area contributed by atoms with Gasteiger partial charge in [-0.15, -0.1) is 0 Å². The third-order valence-electron chi connectivity index (χ3n) is 4.76. The predicted octanol–water partition coefficient (Wildman–Crippen LogP) is 1.80. The summed E-state index contributed by atoms with van der Waals surface area (Å²) in [6.45, 7) is 4.45. The Morgan fingerprint density at radius 2 is 2.22 bits per heavy atom. The molecule has 0 aromatic carbocycles. The first-order valence-corrected chi connectivity index (χ1v) is 7.51. The van der Waals surface area contributed by atoms with Gasteiger partial charge in [-0.05, 0) is 50.1 Å². The molecule has 102 valence electrons. The topological polar surface area (TPSA) is 24.5 Å². The van der Waals surface area contributed by atoms with E-state index in [0.717, 1.165) is 31.2 Å². The second kappa shape index (κ2) is 5.72. The molecule has 0 amide bonds. The van der Waals surface area contributed by atoms with Crippen LogP contribution in [0.4, 0.5) is 0 Å². The van der Waals surface area contributed by atoms with E-state index < -0.39 is 0 Å². The van der Waals surface area contributed by atoms with Crippen LogP contribution in [0.3, 0.4) is 0 Å². The Kier molecular flexibility index (Phi) is 4.02. The number of hydrogen-bond acceptors (Lipinski definition) is 3. The lowest BCUT2D eigenvalue weighted by Crippen LogP contribution is -2.52. The van der Waals surface area contributed by atoms with Crippen LogP contribution in [-0.2, 0) is 4.74 Å². The molecule has 1 N–H and O–H groups in total. The van der Waals surface area contributed by atoms with Gasteiger partial charge in [0.1, 0.15) is 0 Å². The van der Waals surface area contributed by atoms with Gasteiger partial charge >= 0.3 is 0 Å². The molecular formula is C15H26N2O. The fraction of sp³-hybridized carbons (Fsp3) is 0.867. The summed E-state index contributed by atoms with van der Waals surface area (Å²) in [5.41, 5.74) is 1.49. The fourth-order valence-corrected chi connectivity index (χ4v) is 3.22. The molecule has 2 saturated carbocycles. The van der Waals surface area contributed by atoms with E-state index in [4.69, 9.17) is 4.74 Å². The quantitative estimate of drug-likeness (QED) is 0.728. The van der Waals surface area contributed by atoms with Crippen molar-refractivity contribution >= 4 is 0 Å². The number of ether oxygens (including phenoxy) is 1. The molecule has 0 radical (unpaired) electrons. The molecule has 0 saturated heterocycles. The lowest BCUT2D eigenvalue weighted by Gasteiger charge is -2.45. The molecule has 1 heterocycles. The molecule has 0 bridgehead atoms. The van der Waals surface area contributed by atoms with Crippen LogP contribution in [0.25, 0.3) is 0 Å². The highest BCUT2D eigenvalue weighted by Gasteiger charge is 2.36. The molecular weight excluding hydrogens is 224 g/mol. The highest BCUT2D eigenvalue weighted by molar-refractivity contribution is 5.09. The average Bonchev–Trinajstić information content (AvgIpc) is 3.15. The molecule has 3 nitrogen and oxygen atoms in total. The van der Waals surface area contributed by atoms with E-state index in [1.807, 2.05) is 0 Å². The molecule has 0 aromatic heterocycles. The molecule has 2 atom stereocenters. The van der Waals surface area contributed by atoms with Crippen LogP contribution in [0, 0.1) is 5.92 Å². The van der Waals surface area contributed by atoms with Crippen LogP contribution in [0.15, 0.2) is 11.6 Å². The molecule has 18 heavy (non-hydrogen) atoms. The number of hydrogen-bond donors (Lipinski definition) is 1. The highest BCUT2D eigenvalue weighted by Crippen LogP contribution is 2.34. The number of rotatable bonds is 6. The monoisotopic (exact) mass is 250 g/mol. The number of nitrogens with zero attached hydrogens (tertiary/aromatic N) is 1. The first-order valence-electron chi connectivity index (χ1n) is 7.51. The van der Waals surface area contributed by atoms with Crippen molar-refractivity contribution in [3.8, 4) is 0 Å². The van der Waals surface area contributed by atoms with Gasteiger partial charge in [-0.1, -0.05) is 6.08 Å². The van der Waals surface area contributed by atoms with Gasteiger partial charge in [-0.3, -0.25) is 4.90 Å². The Hall–Kier alpha value is -0.380. The molecule has 3 rings (SSSR count). The minimum absolute atomic E-state index is 0.825. The Morgan fingerprint density at radius 1 is 1.33 bits per heavy atom. The van der Waals surface area contributed by atoms with Gasteiger partial charge in [-0.25, -0.2) is 0 Å². The van der Waals surface area contributed by atoms with Crippen molar-refractivity contribution in [2.75, 3.05) is 33.4 Å². The standard InChI is InChI=1S/C15H26N2O/c1-18-11-12-6-8-17(9-7-12)15-5-2-13(15)10-16-14-3-4-14/h6,13-16H,2-5,7-11H2,1H3. The van der Waals surface area contributed by atoms with Gasteiger partial charge in [0.25, 0.3) is 0 Å². The summed E-state index contributed by atoms with van der Waals surface area (Å²) in [6.07, 6.45) is 9.23. The second-order valence-corrected chi connectivity index (χ2v) is 6.13. The fourth-order valence-electron chi connectivity index (χ4n) is 3.22. The van der Waals surface area contributed by atoms with Crippen molar-refractivity contribution in [1.29, 1.82) is 0 Å². The summed E-state index contributed by atoms with van der Waals surface area (Å²) in [5.74, 6) is 0.906. The minimum Gasteiger partial charge on any atom is -0.380 e. The van der Waals surface area contributed by atoms with Crippen molar-refractivity contribution < 1.29 is 4.74 Å². The van der Waals surface area contributed by atoms with E-state index in [2.05, 4.69) is 16.3 Å². The zero-order chi connectivity index (χ0) is 12.4. The van der Waals surface area contributed by atoms with Crippen LogP contribution in [0.2, 0.25) is 0 Å². The van der Waals surface area contributed by atoms with Crippen molar-refractivity contribution in [1.82, 2.24) is 10.2 Å². The zero-order valence-corrected chi connectivity index (χ0v) is 11.5. The van der Waals surface area contributed by atoms with Crippen LogP contribution in [0.1, 0.15) is 32.1 Å². The highest BCUT2D eigenvalue weighted by atomic mass is 16.5. The van der Waals surface area contributed by atoms with E-state index >= 15 is 0 Å². The number of methoxy groups -OCH3 is 1. The van der Waals surface area contributed by atoms with E-state index in [1.165, 1.54) is 50.8 Å². The Bertz CT molecular complexity index is 312. The zero-order valence-electron chi connectivity index (χ0n) is 11.5. The summed E-state index contributed by atoms with van der Waals surface area (Å²) >= 11 is 0. The maximum absolute atomic E-state index is 5.21. The average molecular weight is 250 g/mol. The summed E-state index contributed by atoms with van der Waals surface area (Å²) in [4.78, 5) is 2.68. The SMILES string of the molecule is COCC1=CCN(C2CCC2CNC2CC2)CC1. The summed E-state index contributed by atoms with van der Waals surface area (Å²) in [6, 6.07) is 1.71. The van der Waals surface area contributed by atoms with E-state index in [0.29, 0.717) is 0 Å². The molecule has 0 aromatic rings. The number of nitrogens with one attached hydrogen (secondary N) is 1. The van der Waals surface area contributed by atoms with E-state index in [1.54, 1.807) is 7.11 Å². The summed E-state index contributed by atoms with van der Waals surface area (Å²) in [5, 5.41) is 3.69. The van der Waals surface area contributed by atoms with Crippen LogP contribution < -0.4 is 5.32 Å². The predicted molar refractivity (Wildman–Crippen MR) is 73.7 cm³/mol. The third kappa shape index (κ3) is 2.95. The van der Waals surface area contributed by atoms with Crippen LogP contribution in [0.5, 0.6) is 0 Å². The van der Waals surface area contributed by atoms with E-state index in [-0.39, 0.29) is 0 Å². The minimum atomic E-state index is 0.825. The van der Waals surface area contributed by atoms with Gasteiger partial charge < -0.3 is 10.1 Å². The van der Waals surface area contributed by atoms with Gasteiger partial charge in [0.05, 0.1) is 6.61 Å². The molecule has 2 unspecified atom stereocenters. The molecule has 3 heteroatoms. The largest absolute Gasteiger partial charge is 0.380 e. The van der Waals surface area contributed by atoms with Crippen molar-refractivity contribution in [2.45, 2.75) is 44.2 Å². The van der Waals surface area contributed by atoms with Gasteiger partial charge in [0, 0.05) is 32.3 Å². The lowest BCUT2D eigenvalue weighted by atomic mass is 9.77. The van der Waals surface area contributed by atoms with E-state index in [9.17, 15) is 0 Å². The Labute approximate surface area is 111 Å². The second-order valence-electron chi connectivity index (χ2n) is 6.13. The first-order chi connectivity index (χ1) is 8.86. The van der Waals surface area contributed by atoms with Crippen LogP contribution in [-0.4, -0.2) is 50.3 Å². The van der Waals surface area contributed by atoms with Crippen molar-refractivity contribution in [3.05, 3.63) is 11.6 Å². The third-order valence-corrected chi connectivity index (χ3v) is 4.76. The Morgan fingerprint density at radius 3 is 2.78 bits per heavy atom. The van der Waals surface area contributed by atoms with Gasteiger partial charge in [0.2, 0.25) is 0 Å². The maximum Gasteiger partial charge on any atom is 0.0673 e. The van der Waals surface area contributed by atoms with Crippen LogP contribution >= 0.6 is 0 Å². The maximum atomic E-state index is 5.21. The Balaban J connectivity index is 1.44. The molecule has 3 aliphatic rings. The normalized spacial score (nSPS) is 33.1. The van der Waals surface area contributed by atoms with Crippen molar-refractivity contribution in [2.24, 2.45) is 5.92 Å². The molecule has 0 spiro atoms. The lowest BCUT2D eigenvalue weighted by molar-refractivity contribution is 0.0664. The smallest absolute Gasteiger partial charge is 0.0673 e. The van der Waals surface area contributed by atoms with Gasteiger partial charge in [-0.2, -0.15) is 0 Å². The van der Waals surface area contributed by atoms with Gasteiger partial charge in [0.15, 0.2) is 0 Å².